The van der Waals surface area contributed by atoms with Crippen molar-refractivity contribution in [3.63, 3.8) is 0 Å². The number of esters is 1. The van der Waals surface area contributed by atoms with Crippen molar-refractivity contribution in [1.82, 2.24) is 14.4 Å². The summed E-state index contributed by atoms with van der Waals surface area (Å²) in [6, 6.07) is 3.19. The summed E-state index contributed by atoms with van der Waals surface area (Å²) in [5, 5.41) is -0.187. The molecule has 0 saturated heterocycles. The van der Waals surface area contributed by atoms with Gasteiger partial charge in [-0.2, -0.15) is 0 Å². The first-order chi connectivity index (χ1) is 13.0. The number of aromatic nitrogens is 3. The maximum atomic E-state index is 14.0. The second kappa shape index (κ2) is 7.85. The van der Waals surface area contributed by atoms with E-state index in [9.17, 15) is 9.18 Å². The predicted molar refractivity (Wildman–Crippen MR) is 102 cm³/mol. The molecule has 3 aromatic rings. The van der Waals surface area contributed by atoms with Crippen molar-refractivity contribution in [3.05, 3.63) is 63.6 Å². The quantitative estimate of drug-likeness (QED) is 0.535. The van der Waals surface area contributed by atoms with Gasteiger partial charge in [0.2, 0.25) is 0 Å². The van der Waals surface area contributed by atoms with Crippen LogP contribution in [0, 0.1) is 12.7 Å². The molecule has 3 rings (SSSR count). The van der Waals surface area contributed by atoms with E-state index in [2.05, 4.69) is 9.97 Å². The molecular weight excluding hydrogens is 371 g/mol. The lowest BCUT2D eigenvalue weighted by Crippen LogP contribution is -2.08. The summed E-state index contributed by atoms with van der Waals surface area (Å²) in [7, 11) is 1.33. The van der Waals surface area contributed by atoms with Crippen LogP contribution >= 0.6 is 11.6 Å². The molecule has 0 aliphatic carbocycles. The largest absolute Gasteiger partial charge is 0.465 e. The molecule has 0 spiro atoms. The number of methoxy groups -OCH3 is 1. The summed E-state index contributed by atoms with van der Waals surface area (Å²) in [4.78, 5) is 20.2. The van der Waals surface area contributed by atoms with Crippen LogP contribution in [0.15, 0.2) is 24.5 Å². The molecule has 8 heteroatoms. The number of ether oxygens (including phenoxy) is 1. The van der Waals surface area contributed by atoms with Crippen LogP contribution in [0.4, 0.5) is 4.39 Å². The van der Waals surface area contributed by atoms with E-state index in [1.807, 2.05) is 17.5 Å². The molecule has 27 heavy (non-hydrogen) atoms. The van der Waals surface area contributed by atoms with Gasteiger partial charge in [-0.25, -0.2) is 19.2 Å². The first-order valence-electron chi connectivity index (χ1n) is 8.24. The number of fused-ring (bicyclic) bond motifs is 1. The minimum atomic E-state index is -0.594. The third-order valence-electron chi connectivity index (χ3n) is 4.17. The van der Waals surface area contributed by atoms with Crippen LogP contribution in [0.5, 0.6) is 0 Å². The van der Waals surface area contributed by atoms with Crippen LogP contribution in [0.2, 0.25) is 5.15 Å². The van der Waals surface area contributed by atoms with Gasteiger partial charge in [-0.1, -0.05) is 11.6 Å². The molecule has 0 unspecified atom stereocenters. The maximum Gasteiger partial charge on any atom is 0.338 e. The van der Waals surface area contributed by atoms with Crippen molar-refractivity contribution in [3.8, 4) is 0 Å². The van der Waals surface area contributed by atoms with E-state index in [4.69, 9.17) is 22.1 Å². The molecule has 0 aliphatic rings. The average Bonchev–Trinajstić information content (AvgIpc) is 2.98. The normalized spacial score (nSPS) is 11.4. The summed E-state index contributed by atoms with van der Waals surface area (Å²) in [5.74, 6) is -1.02. The SMILES string of the molecule is COC(=O)c1cc2nc(/C=C/c3ccnc(Cl)c3F)c(CCN)n2cc1C. The van der Waals surface area contributed by atoms with Crippen molar-refractivity contribution in [2.75, 3.05) is 13.7 Å². The Balaban J connectivity index is 2.11. The fourth-order valence-electron chi connectivity index (χ4n) is 2.83. The van der Waals surface area contributed by atoms with Gasteiger partial charge in [0.25, 0.3) is 0 Å². The van der Waals surface area contributed by atoms with Crippen LogP contribution in [0.3, 0.4) is 0 Å². The molecular formula is C19H18ClFN4O2. The Labute approximate surface area is 160 Å². The summed E-state index contributed by atoms with van der Waals surface area (Å²) >= 11 is 5.72. The number of carbonyl (C=O) groups excluding carboxylic acids is 1. The lowest BCUT2D eigenvalue weighted by Gasteiger charge is -2.07. The second-order valence-corrected chi connectivity index (χ2v) is 6.27. The van der Waals surface area contributed by atoms with Gasteiger partial charge < -0.3 is 14.9 Å². The Morgan fingerprint density at radius 2 is 2.22 bits per heavy atom. The number of nitrogens with zero attached hydrogens (tertiary/aromatic N) is 3. The molecule has 0 radical (unpaired) electrons. The van der Waals surface area contributed by atoms with E-state index in [1.54, 1.807) is 18.2 Å². The van der Waals surface area contributed by atoms with E-state index < -0.39 is 11.8 Å². The minimum Gasteiger partial charge on any atom is -0.465 e. The molecule has 6 nitrogen and oxygen atoms in total. The summed E-state index contributed by atoms with van der Waals surface area (Å²) in [6.07, 6.45) is 7.10. The molecule has 3 heterocycles. The average molecular weight is 389 g/mol. The summed E-state index contributed by atoms with van der Waals surface area (Å²) in [6.45, 7) is 2.24. The number of hydrogen-bond donors (Lipinski definition) is 1. The number of rotatable bonds is 5. The number of imidazole rings is 1. The van der Waals surface area contributed by atoms with Crippen LogP contribution in [-0.4, -0.2) is 34.0 Å². The fraction of sp³-hybridized carbons (Fsp3) is 0.211. The molecule has 0 fully saturated rings. The van der Waals surface area contributed by atoms with E-state index in [0.717, 1.165) is 11.3 Å². The van der Waals surface area contributed by atoms with Crippen LogP contribution in [-0.2, 0) is 11.2 Å². The predicted octanol–water partition coefficient (Wildman–Crippen LogP) is 3.29. The third kappa shape index (κ3) is 3.70. The van der Waals surface area contributed by atoms with Gasteiger partial charge in [-0.3, -0.25) is 0 Å². The standard InChI is InChI=1S/C19H18ClFN4O2/c1-11-10-25-15(5-7-22)14(24-16(25)9-13(11)19(26)27-2)4-3-12-6-8-23-18(20)17(12)21/h3-4,6,8-10H,5,7,22H2,1-2H3/b4-3+. The van der Waals surface area contributed by atoms with Gasteiger partial charge in [0.05, 0.1) is 24.1 Å². The van der Waals surface area contributed by atoms with Gasteiger partial charge >= 0.3 is 5.97 Å². The summed E-state index contributed by atoms with van der Waals surface area (Å²) < 4.78 is 20.7. The highest BCUT2D eigenvalue weighted by atomic mass is 35.5. The number of hydrogen-bond acceptors (Lipinski definition) is 5. The van der Waals surface area contributed by atoms with Crippen molar-refractivity contribution < 1.29 is 13.9 Å². The first kappa shape index (κ1) is 19.0. The Bertz CT molecular complexity index is 1050. The molecule has 140 valence electrons. The maximum absolute atomic E-state index is 14.0. The van der Waals surface area contributed by atoms with Crippen LogP contribution in [0.25, 0.3) is 17.8 Å². The molecule has 0 bridgehead atoms. The number of aryl methyl sites for hydroxylation is 1. The highest BCUT2D eigenvalue weighted by Crippen LogP contribution is 2.22. The number of halogens is 2. The lowest BCUT2D eigenvalue weighted by molar-refractivity contribution is 0.0600. The molecule has 0 atom stereocenters. The monoisotopic (exact) mass is 388 g/mol. The number of nitrogens with two attached hydrogens (primary N) is 1. The third-order valence-corrected chi connectivity index (χ3v) is 4.44. The molecule has 3 aromatic heterocycles. The highest BCUT2D eigenvalue weighted by molar-refractivity contribution is 6.29. The van der Waals surface area contributed by atoms with Gasteiger partial charge in [0.1, 0.15) is 5.65 Å². The minimum absolute atomic E-state index is 0.187. The fourth-order valence-corrected chi connectivity index (χ4v) is 3.00. The highest BCUT2D eigenvalue weighted by Gasteiger charge is 2.16. The molecule has 0 amide bonds. The Morgan fingerprint density at radius 1 is 1.44 bits per heavy atom. The van der Waals surface area contributed by atoms with Gasteiger partial charge in [0, 0.05) is 24.4 Å². The first-order valence-corrected chi connectivity index (χ1v) is 8.62. The van der Waals surface area contributed by atoms with Crippen molar-refractivity contribution in [2.24, 2.45) is 5.73 Å². The Morgan fingerprint density at radius 3 is 2.93 bits per heavy atom. The zero-order valence-corrected chi connectivity index (χ0v) is 15.6. The van der Waals surface area contributed by atoms with E-state index in [-0.39, 0.29) is 5.15 Å². The molecule has 0 aromatic carbocycles. The van der Waals surface area contributed by atoms with E-state index in [0.29, 0.717) is 35.4 Å². The van der Waals surface area contributed by atoms with Crippen LogP contribution < -0.4 is 5.73 Å². The van der Waals surface area contributed by atoms with E-state index in [1.165, 1.54) is 19.4 Å². The second-order valence-electron chi connectivity index (χ2n) is 5.91. The Kier molecular flexibility index (Phi) is 5.53. The zero-order chi connectivity index (χ0) is 19.6. The Hall–Kier alpha value is -2.77. The lowest BCUT2D eigenvalue weighted by atomic mass is 10.1. The van der Waals surface area contributed by atoms with Gasteiger partial charge in [0.15, 0.2) is 11.0 Å². The van der Waals surface area contributed by atoms with Gasteiger partial charge in [-0.15, -0.1) is 0 Å². The zero-order valence-electron chi connectivity index (χ0n) is 14.9. The van der Waals surface area contributed by atoms with E-state index >= 15 is 0 Å². The van der Waals surface area contributed by atoms with Crippen LogP contribution in [0.1, 0.15) is 32.9 Å². The van der Waals surface area contributed by atoms with Crippen molar-refractivity contribution in [1.29, 1.82) is 0 Å². The number of carbonyl (C=O) groups is 1. The smallest absolute Gasteiger partial charge is 0.338 e. The van der Waals surface area contributed by atoms with Gasteiger partial charge in [-0.05, 0) is 43.3 Å². The number of pyridine rings is 2. The topological polar surface area (TPSA) is 82.5 Å². The molecule has 2 N–H and O–H groups in total. The van der Waals surface area contributed by atoms with Crippen molar-refractivity contribution >= 4 is 35.4 Å². The van der Waals surface area contributed by atoms with Crippen molar-refractivity contribution in [2.45, 2.75) is 13.3 Å². The molecule has 0 saturated carbocycles. The summed E-state index contributed by atoms with van der Waals surface area (Å²) in [5.41, 5.74) is 9.32. The molecule has 0 aliphatic heterocycles.